The number of hydrogen-bond donors (Lipinski definition) is 0. The van der Waals surface area contributed by atoms with E-state index in [4.69, 9.17) is 9.47 Å². The van der Waals surface area contributed by atoms with Gasteiger partial charge in [0, 0.05) is 22.3 Å². The van der Waals surface area contributed by atoms with Crippen LogP contribution in [0, 0.1) is 0 Å². The van der Waals surface area contributed by atoms with Crippen LogP contribution in [-0.2, 0) is 13.1 Å². The second kappa shape index (κ2) is 14.6. The lowest BCUT2D eigenvalue weighted by Gasteiger charge is -2.39. The highest BCUT2D eigenvalue weighted by Crippen LogP contribution is 2.50. The Bertz CT molecular complexity index is 1880. The van der Waals surface area contributed by atoms with Crippen LogP contribution < -0.4 is 26.5 Å². The summed E-state index contributed by atoms with van der Waals surface area (Å²) in [5.41, 5.74) is 10.9. The van der Waals surface area contributed by atoms with E-state index in [-0.39, 0.29) is 17.0 Å². The molecule has 0 saturated carbocycles. The second-order valence-corrected chi connectivity index (χ2v) is 13.3. The number of methoxy groups -OCH3 is 2. The number of unbranched alkanes of at least 4 members (excludes halogenated alkanes) is 2. The standard InChI is InChI=1S/C44H46NO2.BrH/c1-5-7-25-45(26-8-6-2)29-41-39(31-17-21-35(46-3)22-18-31)27-33-13-9-11-15-37(33)43(41)44-38-16-12-10-14-34(38)28-40(42(44)30-45)32-19-23-36(47-4)24-20-32;/h9-24,27-28H,5-8,25-26,29-30H2,1-4H3;1H/q+1;/p-1. The van der Waals surface area contributed by atoms with Crippen molar-refractivity contribution in [2.24, 2.45) is 0 Å². The normalized spacial score (nSPS) is 13.3. The Hall–Kier alpha value is -4.12. The van der Waals surface area contributed by atoms with Crippen LogP contribution in [0.25, 0.3) is 54.9 Å². The lowest BCUT2D eigenvalue weighted by atomic mass is 9.82. The topological polar surface area (TPSA) is 18.5 Å². The molecule has 0 saturated heterocycles. The van der Waals surface area contributed by atoms with E-state index < -0.39 is 0 Å². The van der Waals surface area contributed by atoms with Crippen molar-refractivity contribution in [3.05, 3.63) is 120 Å². The molecule has 4 heteroatoms. The predicted octanol–water partition coefficient (Wildman–Crippen LogP) is 8.45. The minimum Gasteiger partial charge on any atom is -1.00 e. The Morgan fingerprint density at radius 3 is 1.31 bits per heavy atom. The number of fused-ring (bicyclic) bond motifs is 7. The molecule has 3 nitrogen and oxygen atoms in total. The van der Waals surface area contributed by atoms with Gasteiger partial charge in [0.15, 0.2) is 0 Å². The fourth-order valence-corrected chi connectivity index (χ4v) is 7.88. The molecule has 6 aromatic rings. The highest BCUT2D eigenvalue weighted by molar-refractivity contribution is 6.12. The lowest BCUT2D eigenvalue weighted by molar-refractivity contribution is -0.953. The van der Waals surface area contributed by atoms with Gasteiger partial charge in [0.25, 0.3) is 0 Å². The molecular weight excluding hydrogens is 654 g/mol. The fourth-order valence-electron chi connectivity index (χ4n) is 7.88. The predicted molar refractivity (Wildman–Crippen MR) is 198 cm³/mol. The number of hydrogen-bond acceptors (Lipinski definition) is 2. The van der Waals surface area contributed by atoms with E-state index in [2.05, 4.69) is 123 Å². The van der Waals surface area contributed by atoms with E-state index in [0.29, 0.717) is 0 Å². The first-order valence-corrected chi connectivity index (χ1v) is 17.3. The molecule has 7 rings (SSSR count). The van der Waals surface area contributed by atoms with Gasteiger partial charge in [-0.1, -0.05) is 99.5 Å². The summed E-state index contributed by atoms with van der Waals surface area (Å²) in [7, 11) is 3.49. The molecule has 0 aromatic heterocycles. The Kier molecular flexibility index (Phi) is 10.2. The second-order valence-electron chi connectivity index (χ2n) is 13.3. The van der Waals surface area contributed by atoms with Crippen molar-refractivity contribution in [2.45, 2.75) is 52.6 Å². The molecule has 6 aromatic carbocycles. The molecule has 0 atom stereocenters. The zero-order chi connectivity index (χ0) is 32.4. The van der Waals surface area contributed by atoms with Crippen molar-refractivity contribution < 1.29 is 30.9 Å². The molecule has 48 heavy (non-hydrogen) atoms. The smallest absolute Gasteiger partial charge is 0.118 e. The molecule has 0 radical (unpaired) electrons. The number of benzene rings is 6. The maximum Gasteiger partial charge on any atom is 0.118 e. The van der Waals surface area contributed by atoms with E-state index in [0.717, 1.165) is 29.1 Å². The molecule has 0 N–H and O–H groups in total. The van der Waals surface area contributed by atoms with Gasteiger partial charge in [-0.15, -0.1) is 0 Å². The third-order valence-electron chi connectivity index (χ3n) is 10.3. The highest BCUT2D eigenvalue weighted by atomic mass is 79.9. The first-order valence-electron chi connectivity index (χ1n) is 17.3. The van der Waals surface area contributed by atoms with E-state index in [1.165, 1.54) is 105 Å². The van der Waals surface area contributed by atoms with Gasteiger partial charge in [-0.2, -0.15) is 0 Å². The van der Waals surface area contributed by atoms with Crippen LogP contribution in [0.2, 0.25) is 0 Å². The zero-order valence-electron chi connectivity index (χ0n) is 28.7. The monoisotopic (exact) mass is 699 g/mol. The number of halogens is 1. The van der Waals surface area contributed by atoms with E-state index in [1.807, 2.05) is 0 Å². The Balaban J connectivity index is 0.00000401. The van der Waals surface area contributed by atoms with E-state index in [9.17, 15) is 0 Å². The van der Waals surface area contributed by atoms with Crippen LogP contribution in [0.1, 0.15) is 50.7 Å². The molecule has 0 aliphatic carbocycles. The van der Waals surface area contributed by atoms with Gasteiger partial charge in [0.1, 0.15) is 24.6 Å². The van der Waals surface area contributed by atoms with Crippen molar-refractivity contribution in [3.8, 4) is 44.9 Å². The summed E-state index contributed by atoms with van der Waals surface area (Å²) >= 11 is 0. The number of rotatable bonds is 10. The molecule has 0 amide bonds. The molecule has 1 aliphatic heterocycles. The molecule has 1 aliphatic rings. The van der Waals surface area contributed by atoms with E-state index in [1.54, 1.807) is 14.2 Å². The summed E-state index contributed by atoms with van der Waals surface area (Å²) in [4.78, 5) is 0. The molecule has 0 unspecified atom stereocenters. The van der Waals surface area contributed by atoms with Gasteiger partial charge in [0.05, 0.1) is 27.3 Å². The van der Waals surface area contributed by atoms with Crippen molar-refractivity contribution >= 4 is 21.5 Å². The van der Waals surface area contributed by atoms with Gasteiger partial charge in [-0.25, -0.2) is 0 Å². The maximum atomic E-state index is 5.58. The first kappa shape index (κ1) is 33.8. The van der Waals surface area contributed by atoms with Crippen LogP contribution >= 0.6 is 0 Å². The Labute approximate surface area is 296 Å². The molecule has 0 bridgehead atoms. The number of ether oxygens (including phenoxy) is 2. The van der Waals surface area contributed by atoms with Crippen molar-refractivity contribution in [3.63, 3.8) is 0 Å². The quantitative estimate of drug-likeness (QED) is 0.134. The molecule has 1 heterocycles. The molecular formula is C44H46BrNO2. The van der Waals surface area contributed by atoms with Gasteiger partial charge < -0.3 is 30.9 Å². The average Bonchev–Trinajstić information content (AvgIpc) is 3.28. The summed E-state index contributed by atoms with van der Waals surface area (Å²) in [6.45, 7) is 9.02. The van der Waals surface area contributed by atoms with Gasteiger partial charge >= 0.3 is 0 Å². The SMILES string of the molecule is CCCC[N+]1(CCCC)Cc2c(-c3ccc(OC)cc3)cc3ccccc3c2-c2c(c(-c3ccc(OC)cc3)cc3ccccc23)C1.[Br-]. The van der Waals surface area contributed by atoms with Crippen LogP contribution in [-0.4, -0.2) is 31.8 Å². The fraction of sp³-hybridized carbons (Fsp3) is 0.273. The van der Waals surface area contributed by atoms with Crippen LogP contribution in [0.3, 0.4) is 0 Å². The first-order chi connectivity index (χ1) is 23.1. The Morgan fingerprint density at radius 1 is 0.542 bits per heavy atom. The van der Waals surface area contributed by atoms with Crippen LogP contribution in [0.4, 0.5) is 0 Å². The van der Waals surface area contributed by atoms with Crippen LogP contribution in [0.5, 0.6) is 11.5 Å². The van der Waals surface area contributed by atoms with Gasteiger partial charge in [-0.3, -0.25) is 0 Å². The van der Waals surface area contributed by atoms with Crippen molar-refractivity contribution in [1.29, 1.82) is 0 Å². The summed E-state index contributed by atoms with van der Waals surface area (Å²) < 4.78 is 12.2. The molecule has 0 spiro atoms. The maximum absolute atomic E-state index is 5.58. The van der Waals surface area contributed by atoms with Gasteiger partial charge in [-0.05, 0) is 93.0 Å². The van der Waals surface area contributed by atoms with Crippen molar-refractivity contribution in [2.75, 3.05) is 27.3 Å². The van der Waals surface area contributed by atoms with Gasteiger partial charge in [0.2, 0.25) is 0 Å². The molecule has 0 fully saturated rings. The zero-order valence-corrected chi connectivity index (χ0v) is 30.3. The average molecular weight is 701 g/mol. The third kappa shape index (κ3) is 6.24. The minimum atomic E-state index is 0. The largest absolute Gasteiger partial charge is 1.00 e. The number of quaternary nitrogens is 1. The molecule has 246 valence electrons. The van der Waals surface area contributed by atoms with Crippen molar-refractivity contribution in [1.82, 2.24) is 0 Å². The summed E-state index contributed by atoms with van der Waals surface area (Å²) in [6, 6.07) is 40.4. The lowest BCUT2D eigenvalue weighted by Crippen LogP contribution is -3.00. The van der Waals surface area contributed by atoms with E-state index >= 15 is 0 Å². The summed E-state index contributed by atoms with van der Waals surface area (Å²) in [5.74, 6) is 1.77. The Morgan fingerprint density at radius 2 is 0.938 bits per heavy atom. The summed E-state index contributed by atoms with van der Waals surface area (Å²) in [5, 5.41) is 5.24. The third-order valence-corrected chi connectivity index (χ3v) is 10.3. The van der Waals surface area contributed by atoms with Crippen LogP contribution in [0.15, 0.2) is 109 Å². The minimum absolute atomic E-state index is 0. The number of nitrogens with zero attached hydrogens (tertiary/aromatic N) is 1. The summed E-state index contributed by atoms with van der Waals surface area (Å²) in [6.07, 6.45) is 4.81. The highest BCUT2D eigenvalue weighted by Gasteiger charge is 2.37.